The molecule has 0 radical (unpaired) electrons. The van der Waals surface area contributed by atoms with Gasteiger partial charge in [0.15, 0.2) is 5.17 Å². The molecule has 4 rings (SSSR count). The van der Waals surface area contributed by atoms with Gasteiger partial charge in [-0.05, 0) is 54.9 Å². The maximum absolute atomic E-state index is 12.3. The summed E-state index contributed by atoms with van der Waals surface area (Å²) in [4.78, 5) is 24.5. The minimum absolute atomic E-state index is 0.0710. The topological polar surface area (TPSA) is 82.9 Å². The van der Waals surface area contributed by atoms with E-state index < -0.39 is 5.25 Å². The first kappa shape index (κ1) is 20.4. The van der Waals surface area contributed by atoms with Crippen LogP contribution < -0.4 is 10.6 Å². The van der Waals surface area contributed by atoms with E-state index >= 15 is 0 Å². The number of nitrogens with one attached hydrogen (secondary N) is 2. The number of thioether (sulfide) groups is 1. The van der Waals surface area contributed by atoms with Crippen LogP contribution in [0, 0.1) is 16.7 Å². The molecule has 1 aromatic rings. The molecule has 8 heteroatoms. The van der Waals surface area contributed by atoms with Crippen molar-refractivity contribution in [2.45, 2.75) is 51.7 Å². The van der Waals surface area contributed by atoms with Crippen LogP contribution in [0.4, 0.5) is 5.69 Å². The van der Waals surface area contributed by atoms with Gasteiger partial charge in [0.2, 0.25) is 11.8 Å². The molecule has 1 aliphatic heterocycles. The van der Waals surface area contributed by atoms with E-state index in [2.05, 4.69) is 41.6 Å². The Morgan fingerprint density at radius 3 is 2.62 bits per heavy atom. The molecule has 1 aromatic carbocycles. The van der Waals surface area contributed by atoms with Gasteiger partial charge in [0.05, 0.1) is 0 Å². The summed E-state index contributed by atoms with van der Waals surface area (Å²) in [5.74, 6) is 0.219. The summed E-state index contributed by atoms with van der Waals surface area (Å²) >= 11 is 7.11. The van der Waals surface area contributed by atoms with Crippen LogP contribution in [-0.2, 0) is 9.59 Å². The van der Waals surface area contributed by atoms with Crippen LogP contribution in [0.3, 0.4) is 0 Å². The highest BCUT2D eigenvalue weighted by molar-refractivity contribution is 8.15. The third kappa shape index (κ3) is 3.70. The second kappa shape index (κ2) is 7.43. The summed E-state index contributed by atoms with van der Waals surface area (Å²) in [5.41, 5.74) is 2.09. The molecule has 0 spiro atoms. The van der Waals surface area contributed by atoms with Crippen LogP contribution in [0.1, 0.15) is 46.5 Å². The molecule has 3 fully saturated rings. The van der Waals surface area contributed by atoms with Gasteiger partial charge in [0, 0.05) is 28.3 Å². The van der Waals surface area contributed by atoms with Crippen molar-refractivity contribution in [3.8, 4) is 0 Å². The average Bonchev–Trinajstić information content (AvgIpc) is 3.18. The third-order valence-corrected chi connectivity index (χ3v) is 8.37. The molecule has 6 nitrogen and oxygen atoms in total. The molecule has 1 heterocycles. The van der Waals surface area contributed by atoms with Gasteiger partial charge < -0.3 is 10.6 Å². The lowest BCUT2D eigenvalue weighted by Gasteiger charge is -2.34. The summed E-state index contributed by atoms with van der Waals surface area (Å²) < 4.78 is 0. The normalized spacial score (nSPS) is 32.8. The summed E-state index contributed by atoms with van der Waals surface area (Å²) in [7, 11) is 0. The Morgan fingerprint density at radius 1 is 1.28 bits per heavy atom. The standard InChI is InChI=1S/C21H25ClN4O2S/c1-20(2)12-8-9-21(20,3)16(10-12)25-26-19-24-18(28)15(29-19)11-17(27)23-14-6-4-13(22)5-7-14/h4-7,12,15H,8-11H2,1-3H3,(H,23,27)(H,24,26,28)/b25-16+/t12-,15+,21-/m1/s1. The van der Waals surface area contributed by atoms with Gasteiger partial charge in [-0.3, -0.25) is 9.59 Å². The van der Waals surface area contributed by atoms with Crippen molar-refractivity contribution in [3.05, 3.63) is 29.3 Å². The van der Waals surface area contributed by atoms with Crippen LogP contribution >= 0.6 is 23.4 Å². The zero-order valence-electron chi connectivity index (χ0n) is 16.8. The molecule has 2 amide bonds. The predicted octanol–water partition coefficient (Wildman–Crippen LogP) is 4.46. The number of hydrogen-bond acceptors (Lipinski definition) is 5. The number of benzene rings is 1. The van der Waals surface area contributed by atoms with Gasteiger partial charge in [-0.2, -0.15) is 5.10 Å². The van der Waals surface area contributed by atoms with E-state index in [-0.39, 0.29) is 29.1 Å². The lowest BCUT2D eigenvalue weighted by atomic mass is 9.70. The Hall–Kier alpha value is -1.86. The first-order valence-electron chi connectivity index (χ1n) is 9.87. The first-order valence-corrected chi connectivity index (χ1v) is 11.1. The molecule has 3 atom stereocenters. The van der Waals surface area contributed by atoms with Crippen LogP contribution in [0.5, 0.6) is 0 Å². The van der Waals surface area contributed by atoms with Crippen molar-refractivity contribution < 1.29 is 9.59 Å². The van der Waals surface area contributed by atoms with E-state index in [4.69, 9.17) is 11.6 Å². The molecule has 29 heavy (non-hydrogen) atoms. The van der Waals surface area contributed by atoms with Crippen LogP contribution in [-0.4, -0.2) is 27.9 Å². The number of amides is 2. The zero-order valence-corrected chi connectivity index (χ0v) is 18.4. The summed E-state index contributed by atoms with van der Waals surface area (Å²) in [6.07, 6.45) is 3.43. The maximum atomic E-state index is 12.3. The lowest BCUT2D eigenvalue weighted by Crippen LogP contribution is -2.32. The molecule has 2 bridgehead atoms. The number of nitrogens with zero attached hydrogens (tertiary/aromatic N) is 2. The monoisotopic (exact) mass is 432 g/mol. The van der Waals surface area contributed by atoms with Crippen LogP contribution in [0.15, 0.2) is 34.5 Å². The highest BCUT2D eigenvalue weighted by Gasteiger charge is 2.60. The number of anilines is 1. The number of carbonyl (C=O) groups is 2. The van der Waals surface area contributed by atoms with Gasteiger partial charge in [-0.1, -0.05) is 44.1 Å². The van der Waals surface area contributed by atoms with Gasteiger partial charge in [-0.25, -0.2) is 0 Å². The Balaban J connectivity index is 1.38. The zero-order chi connectivity index (χ0) is 20.8. The summed E-state index contributed by atoms with van der Waals surface area (Å²) in [6, 6.07) is 6.86. The van der Waals surface area contributed by atoms with Crippen molar-refractivity contribution in [2.75, 3.05) is 5.32 Å². The molecular formula is C21H25ClN4O2S. The van der Waals surface area contributed by atoms with Crippen LogP contribution in [0.25, 0.3) is 0 Å². The quantitative estimate of drug-likeness (QED) is 0.689. The number of rotatable bonds is 4. The van der Waals surface area contributed by atoms with E-state index in [9.17, 15) is 9.59 Å². The largest absolute Gasteiger partial charge is 0.326 e. The molecule has 2 N–H and O–H groups in total. The molecule has 1 saturated heterocycles. The fourth-order valence-electron chi connectivity index (χ4n) is 4.69. The highest BCUT2D eigenvalue weighted by atomic mass is 35.5. The van der Waals surface area contributed by atoms with Gasteiger partial charge >= 0.3 is 0 Å². The van der Waals surface area contributed by atoms with Crippen molar-refractivity contribution in [3.63, 3.8) is 0 Å². The molecule has 154 valence electrons. The van der Waals surface area contributed by atoms with Gasteiger partial charge in [0.25, 0.3) is 0 Å². The van der Waals surface area contributed by atoms with E-state index in [0.29, 0.717) is 21.8 Å². The summed E-state index contributed by atoms with van der Waals surface area (Å²) in [6.45, 7) is 6.92. The number of halogens is 1. The van der Waals surface area contributed by atoms with Gasteiger partial charge in [0.1, 0.15) is 5.25 Å². The van der Waals surface area contributed by atoms with E-state index in [1.807, 2.05) is 0 Å². The first-order chi connectivity index (χ1) is 13.7. The van der Waals surface area contributed by atoms with Crippen molar-refractivity contribution in [1.82, 2.24) is 5.32 Å². The minimum atomic E-state index is -0.506. The third-order valence-electron chi connectivity index (χ3n) is 7.05. The number of carbonyl (C=O) groups excluding carboxylic acids is 2. The highest BCUT2D eigenvalue weighted by Crippen LogP contribution is 2.64. The van der Waals surface area contributed by atoms with E-state index in [1.54, 1.807) is 24.3 Å². The molecular weight excluding hydrogens is 408 g/mol. The van der Waals surface area contributed by atoms with Crippen molar-refractivity contribution >= 4 is 51.7 Å². The Morgan fingerprint density at radius 2 is 2.00 bits per heavy atom. The fraction of sp³-hybridized carbons (Fsp3) is 0.524. The Bertz CT molecular complexity index is 912. The molecule has 0 aromatic heterocycles. The average molecular weight is 433 g/mol. The number of hydrogen-bond donors (Lipinski definition) is 2. The number of fused-ring (bicyclic) bond motifs is 2. The number of amidine groups is 1. The Labute approximate surface area is 179 Å². The lowest BCUT2D eigenvalue weighted by molar-refractivity contribution is -0.122. The predicted molar refractivity (Wildman–Crippen MR) is 118 cm³/mol. The maximum Gasteiger partial charge on any atom is 0.240 e. The van der Waals surface area contributed by atoms with Gasteiger partial charge in [-0.15, -0.1) is 5.10 Å². The van der Waals surface area contributed by atoms with E-state index in [0.717, 1.165) is 18.6 Å². The Kier molecular flexibility index (Phi) is 5.23. The van der Waals surface area contributed by atoms with E-state index in [1.165, 1.54) is 18.2 Å². The second-order valence-corrected chi connectivity index (χ2v) is 10.4. The summed E-state index contributed by atoms with van der Waals surface area (Å²) in [5, 5.41) is 15.0. The van der Waals surface area contributed by atoms with Crippen molar-refractivity contribution in [2.24, 2.45) is 27.0 Å². The van der Waals surface area contributed by atoms with Crippen LogP contribution in [0.2, 0.25) is 5.02 Å². The van der Waals surface area contributed by atoms with Crippen molar-refractivity contribution in [1.29, 1.82) is 0 Å². The molecule has 0 unspecified atom stereocenters. The SMILES string of the molecule is CC1(C)[C@@H]2CC[C@]1(C)/C(=N/N=C1\NC(=O)[C@H](CC(=O)Nc3ccc(Cl)cc3)S1)C2. The minimum Gasteiger partial charge on any atom is -0.326 e. The smallest absolute Gasteiger partial charge is 0.240 e. The second-order valence-electron chi connectivity index (χ2n) is 8.80. The molecule has 3 aliphatic rings. The molecule has 2 aliphatic carbocycles. The molecule has 2 saturated carbocycles. The fourth-order valence-corrected chi connectivity index (χ4v) is 5.73.